The molecule has 0 aliphatic heterocycles. The topological polar surface area (TPSA) is 65.2 Å². The van der Waals surface area contributed by atoms with Crippen molar-refractivity contribution in [3.05, 3.63) is 23.5 Å². The lowest BCUT2D eigenvalue weighted by Crippen LogP contribution is -2.10. The number of carbonyl (C=O) groups is 1. The predicted octanol–water partition coefficient (Wildman–Crippen LogP) is 1.32. The Kier molecular flexibility index (Phi) is 3.54. The molecule has 1 heterocycles. The molecule has 6 heteroatoms. The fourth-order valence-electron chi connectivity index (χ4n) is 1.14. The maximum Gasteiger partial charge on any atom is 0.311 e. The number of esters is 1. The number of pyridine rings is 1. The number of rotatable bonds is 3. The van der Waals surface area contributed by atoms with Crippen molar-refractivity contribution >= 4 is 11.7 Å². The Bertz CT molecular complexity index is 369. The molecule has 0 unspecified atom stereocenters. The summed E-state index contributed by atoms with van der Waals surface area (Å²) in [5.74, 6) is -0.630. The molecule has 0 spiro atoms. The van der Waals surface area contributed by atoms with Gasteiger partial charge in [-0.1, -0.05) is 0 Å². The second-order valence-electron chi connectivity index (χ2n) is 2.81. The first-order valence-corrected chi connectivity index (χ1v) is 4.14. The zero-order valence-electron chi connectivity index (χ0n) is 8.04. The molecule has 82 valence electrons. The molecule has 0 aromatic carbocycles. The van der Waals surface area contributed by atoms with Crippen LogP contribution < -0.4 is 5.73 Å². The summed E-state index contributed by atoms with van der Waals surface area (Å²) in [4.78, 5) is 14.6. The number of halogens is 2. The van der Waals surface area contributed by atoms with Gasteiger partial charge in [-0.25, -0.2) is 8.78 Å². The second kappa shape index (κ2) is 4.68. The lowest BCUT2D eigenvalue weighted by molar-refractivity contribution is -0.139. The quantitative estimate of drug-likeness (QED) is 0.774. The number of hydrogen-bond acceptors (Lipinski definition) is 4. The van der Waals surface area contributed by atoms with E-state index in [1.165, 1.54) is 19.4 Å². The van der Waals surface area contributed by atoms with Crippen LogP contribution in [0.1, 0.15) is 17.7 Å². The fraction of sp³-hybridized carbons (Fsp3) is 0.333. The highest BCUT2D eigenvalue weighted by atomic mass is 19.3. The van der Waals surface area contributed by atoms with Crippen LogP contribution in [0.3, 0.4) is 0 Å². The standard InChI is InChI=1S/C9H10F2N2O2/c1-15-7(14)4-6-8(9(10)11)5(12)2-3-13-6/h2-3,9H,4H2,1H3,(H2,12,13). The molecule has 0 radical (unpaired) electrons. The van der Waals surface area contributed by atoms with Crippen molar-refractivity contribution in [2.24, 2.45) is 0 Å². The van der Waals surface area contributed by atoms with Crippen molar-refractivity contribution in [1.82, 2.24) is 4.98 Å². The number of carbonyl (C=O) groups excluding carboxylic acids is 1. The van der Waals surface area contributed by atoms with Gasteiger partial charge in [-0.15, -0.1) is 0 Å². The van der Waals surface area contributed by atoms with Crippen molar-refractivity contribution < 1.29 is 18.3 Å². The van der Waals surface area contributed by atoms with E-state index in [-0.39, 0.29) is 17.8 Å². The minimum absolute atomic E-state index is 0.0446. The largest absolute Gasteiger partial charge is 0.469 e. The molecule has 0 amide bonds. The number of alkyl halides is 2. The fourth-order valence-corrected chi connectivity index (χ4v) is 1.14. The van der Waals surface area contributed by atoms with Crippen molar-refractivity contribution in [3.63, 3.8) is 0 Å². The van der Waals surface area contributed by atoms with E-state index in [2.05, 4.69) is 9.72 Å². The molecule has 0 atom stereocenters. The molecule has 2 N–H and O–H groups in total. The highest BCUT2D eigenvalue weighted by Crippen LogP contribution is 2.27. The summed E-state index contributed by atoms with van der Waals surface area (Å²) in [7, 11) is 1.18. The number of nitrogens with two attached hydrogens (primary N) is 1. The molecule has 1 aromatic rings. The Labute approximate surface area is 85.1 Å². The molecule has 1 rings (SSSR count). The maximum absolute atomic E-state index is 12.6. The summed E-state index contributed by atoms with van der Waals surface area (Å²) in [6, 6.07) is 1.27. The van der Waals surface area contributed by atoms with E-state index in [0.717, 1.165) is 0 Å². The molecule has 1 aromatic heterocycles. The normalized spacial score (nSPS) is 10.4. The van der Waals surface area contributed by atoms with Gasteiger partial charge in [0.2, 0.25) is 0 Å². The first-order chi connectivity index (χ1) is 7.06. The number of aromatic nitrogens is 1. The van der Waals surface area contributed by atoms with E-state index in [1.54, 1.807) is 0 Å². The van der Waals surface area contributed by atoms with Crippen molar-refractivity contribution in [1.29, 1.82) is 0 Å². The van der Waals surface area contributed by atoms with Crippen LogP contribution in [0, 0.1) is 0 Å². The van der Waals surface area contributed by atoms with Gasteiger partial charge in [0.15, 0.2) is 0 Å². The Morgan fingerprint density at radius 2 is 2.33 bits per heavy atom. The van der Waals surface area contributed by atoms with Crippen LogP contribution in [0.15, 0.2) is 12.3 Å². The van der Waals surface area contributed by atoms with Crippen molar-refractivity contribution in [2.75, 3.05) is 12.8 Å². The zero-order valence-corrected chi connectivity index (χ0v) is 8.04. The van der Waals surface area contributed by atoms with Gasteiger partial charge in [-0.05, 0) is 6.07 Å². The van der Waals surface area contributed by atoms with E-state index in [4.69, 9.17) is 5.73 Å². The average Bonchev–Trinajstić information content (AvgIpc) is 2.17. The van der Waals surface area contributed by atoms with Crippen LogP contribution in [0.25, 0.3) is 0 Å². The third kappa shape index (κ3) is 2.61. The second-order valence-corrected chi connectivity index (χ2v) is 2.81. The van der Waals surface area contributed by atoms with Crippen LogP contribution in [0.5, 0.6) is 0 Å². The summed E-state index contributed by atoms with van der Waals surface area (Å²) in [6.45, 7) is 0. The van der Waals surface area contributed by atoms with Gasteiger partial charge in [0.05, 0.1) is 24.8 Å². The molecular weight excluding hydrogens is 206 g/mol. The minimum atomic E-state index is -2.75. The van der Waals surface area contributed by atoms with Gasteiger partial charge >= 0.3 is 5.97 Å². The lowest BCUT2D eigenvalue weighted by atomic mass is 10.1. The molecule has 15 heavy (non-hydrogen) atoms. The average molecular weight is 216 g/mol. The Morgan fingerprint density at radius 3 is 2.87 bits per heavy atom. The number of nitrogens with zero attached hydrogens (tertiary/aromatic N) is 1. The number of ether oxygens (including phenoxy) is 1. The summed E-state index contributed by atoms with van der Waals surface area (Å²) in [5.41, 5.74) is 4.85. The SMILES string of the molecule is COC(=O)Cc1nccc(N)c1C(F)F. The molecular formula is C9H10F2N2O2. The monoisotopic (exact) mass is 216 g/mol. The van der Waals surface area contributed by atoms with E-state index in [1.807, 2.05) is 0 Å². The zero-order chi connectivity index (χ0) is 11.4. The molecule has 0 saturated carbocycles. The number of anilines is 1. The summed E-state index contributed by atoms with van der Waals surface area (Å²) < 4.78 is 29.5. The first-order valence-electron chi connectivity index (χ1n) is 4.14. The van der Waals surface area contributed by atoms with E-state index in [9.17, 15) is 13.6 Å². The van der Waals surface area contributed by atoms with Gasteiger partial charge in [-0.2, -0.15) is 0 Å². The van der Waals surface area contributed by atoms with Gasteiger partial charge < -0.3 is 10.5 Å². The third-order valence-corrected chi connectivity index (χ3v) is 1.86. The van der Waals surface area contributed by atoms with E-state index in [0.29, 0.717) is 0 Å². The Balaban J connectivity index is 3.06. The van der Waals surface area contributed by atoms with E-state index < -0.39 is 18.0 Å². The van der Waals surface area contributed by atoms with E-state index >= 15 is 0 Å². The molecule has 0 aliphatic carbocycles. The Hall–Kier alpha value is -1.72. The smallest absolute Gasteiger partial charge is 0.311 e. The van der Waals surface area contributed by atoms with Crippen LogP contribution in [-0.4, -0.2) is 18.1 Å². The molecule has 0 aliphatic rings. The number of hydrogen-bond donors (Lipinski definition) is 1. The third-order valence-electron chi connectivity index (χ3n) is 1.86. The highest BCUT2D eigenvalue weighted by molar-refractivity contribution is 5.73. The van der Waals surface area contributed by atoms with Gasteiger partial charge in [0.25, 0.3) is 6.43 Å². The highest BCUT2D eigenvalue weighted by Gasteiger charge is 2.19. The number of methoxy groups -OCH3 is 1. The van der Waals surface area contributed by atoms with Crippen molar-refractivity contribution in [3.8, 4) is 0 Å². The number of nitrogen functional groups attached to an aromatic ring is 1. The summed E-state index contributed by atoms with van der Waals surface area (Å²) in [6.07, 6.45) is -1.78. The summed E-state index contributed by atoms with van der Waals surface area (Å²) >= 11 is 0. The predicted molar refractivity (Wildman–Crippen MR) is 49.3 cm³/mol. The molecule has 4 nitrogen and oxygen atoms in total. The van der Waals surface area contributed by atoms with Crippen LogP contribution in [-0.2, 0) is 16.0 Å². The molecule has 0 fully saturated rings. The molecule has 0 saturated heterocycles. The minimum Gasteiger partial charge on any atom is -0.469 e. The van der Waals surface area contributed by atoms with Crippen LogP contribution in [0.2, 0.25) is 0 Å². The first kappa shape index (κ1) is 11.4. The van der Waals surface area contributed by atoms with Gasteiger partial charge in [0, 0.05) is 11.9 Å². The van der Waals surface area contributed by atoms with Gasteiger partial charge in [-0.3, -0.25) is 9.78 Å². The molecule has 0 bridgehead atoms. The summed E-state index contributed by atoms with van der Waals surface area (Å²) in [5, 5.41) is 0. The lowest BCUT2D eigenvalue weighted by Gasteiger charge is -2.09. The van der Waals surface area contributed by atoms with Crippen molar-refractivity contribution in [2.45, 2.75) is 12.8 Å². The Morgan fingerprint density at radius 1 is 1.67 bits per heavy atom. The van der Waals surface area contributed by atoms with Crippen LogP contribution >= 0.6 is 0 Å². The van der Waals surface area contributed by atoms with Gasteiger partial charge in [0.1, 0.15) is 0 Å². The maximum atomic E-state index is 12.6. The van der Waals surface area contributed by atoms with Crippen LogP contribution in [0.4, 0.5) is 14.5 Å².